The molecule has 25 heavy (non-hydrogen) atoms. The van der Waals surface area contributed by atoms with Crippen molar-refractivity contribution >= 4 is 5.91 Å². The Morgan fingerprint density at radius 3 is 2.68 bits per heavy atom. The molecule has 0 bridgehead atoms. The molecule has 0 spiro atoms. The Bertz CT molecular complexity index is 665. The molecular formula is C18H28N4O3. The number of nitrogens with zero attached hydrogens (tertiary/aromatic N) is 3. The minimum absolute atomic E-state index is 0.0543. The number of hydrogen-bond donors (Lipinski definition) is 1. The van der Waals surface area contributed by atoms with Gasteiger partial charge in [0.2, 0.25) is 5.91 Å². The van der Waals surface area contributed by atoms with Crippen molar-refractivity contribution in [1.29, 1.82) is 0 Å². The molecule has 0 radical (unpaired) electrons. The molecular weight excluding hydrogens is 320 g/mol. The van der Waals surface area contributed by atoms with E-state index in [9.17, 15) is 9.59 Å². The highest BCUT2D eigenvalue weighted by Gasteiger charge is 2.35. The Hall–Kier alpha value is -1.73. The summed E-state index contributed by atoms with van der Waals surface area (Å²) in [6, 6.07) is 1.73. The number of aromatic amines is 1. The highest BCUT2D eigenvalue weighted by atomic mass is 16.5. The molecule has 138 valence electrons. The third kappa shape index (κ3) is 4.10. The number of carbonyl (C=O) groups excluding carboxylic acids is 1. The Morgan fingerprint density at radius 2 is 2.04 bits per heavy atom. The van der Waals surface area contributed by atoms with Crippen molar-refractivity contribution < 1.29 is 9.53 Å². The number of aromatic nitrogens is 2. The first-order chi connectivity index (χ1) is 12.0. The van der Waals surface area contributed by atoms with Crippen molar-refractivity contribution in [3.63, 3.8) is 0 Å². The summed E-state index contributed by atoms with van der Waals surface area (Å²) < 4.78 is 5.58. The van der Waals surface area contributed by atoms with E-state index in [1.807, 2.05) is 4.90 Å². The number of H-pyrrole nitrogens is 1. The van der Waals surface area contributed by atoms with Crippen LogP contribution in [-0.2, 0) is 9.53 Å². The molecule has 2 fully saturated rings. The lowest BCUT2D eigenvalue weighted by Crippen LogP contribution is -2.49. The van der Waals surface area contributed by atoms with Gasteiger partial charge in [0.1, 0.15) is 5.82 Å². The number of hydrogen-bond acceptors (Lipinski definition) is 5. The Labute approximate surface area is 148 Å². The predicted octanol–water partition coefficient (Wildman–Crippen LogP) is 1.10. The van der Waals surface area contributed by atoms with Gasteiger partial charge in [-0.05, 0) is 46.7 Å². The van der Waals surface area contributed by atoms with Crippen LogP contribution in [0.5, 0.6) is 0 Å². The molecule has 1 N–H and O–H groups in total. The highest BCUT2D eigenvalue weighted by molar-refractivity contribution is 5.79. The van der Waals surface area contributed by atoms with E-state index < -0.39 is 0 Å². The third-order valence-corrected chi connectivity index (χ3v) is 5.24. The average Bonchev–Trinajstić information content (AvgIpc) is 2.60. The molecule has 3 rings (SSSR count). The maximum atomic E-state index is 13.1. The van der Waals surface area contributed by atoms with Crippen molar-refractivity contribution in [3.05, 3.63) is 27.9 Å². The molecule has 3 heterocycles. The highest BCUT2D eigenvalue weighted by Crippen LogP contribution is 2.28. The fourth-order valence-electron chi connectivity index (χ4n) is 3.78. The van der Waals surface area contributed by atoms with Crippen LogP contribution in [0.25, 0.3) is 0 Å². The summed E-state index contributed by atoms with van der Waals surface area (Å²) in [6.07, 6.45) is 1.78. The second kappa shape index (κ2) is 7.66. The van der Waals surface area contributed by atoms with E-state index in [2.05, 4.69) is 28.7 Å². The number of piperidine rings is 1. The molecule has 0 unspecified atom stereocenters. The molecule has 0 saturated carbocycles. The van der Waals surface area contributed by atoms with E-state index >= 15 is 0 Å². The maximum absolute atomic E-state index is 13.1. The first-order valence-corrected chi connectivity index (χ1v) is 9.16. The Kier molecular flexibility index (Phi) is 5.54. The predicted molar refractivity (Wildman–Crippen MR) is 94.3 cm³/mol. The summed E-state index contributed by atoms with van der Waals surface area (Å²) in [5.41, 5.74) is 0.430. The minimum Gasteiger partial charge on any atom is -0.377 e. The molecule has 1 atom stereocenters. The Morgan fingerprint density at radius 1 is 1.32 bits per heavy atom. The van der Waals surface area contributed by atoms with Crippen molar-refractivity contribution in [2.24, 2.45) is 5.92 Å². The van der Waals surface area contributed by atoms with Crippen LogP contribution in [0.15, 0.2) is 10.9 Å². The molecule has 2 saturated heterocycles. The van der Waals surface area contributed by atoms with Crippen LogP contribution in [0.2, 0.25) is 0 Å². The summed E-state index contributed by atoms with van der Waals surface area (Å²) >= 11 is 0. The zero-order valence-electron chi connectivity index (χ0n) is 15.3. The van der Waals surface area contributed by atoms with Crippen molar-refractivity contribution in [1.82, 2.24) is 19.8 Å². The first kappa shape index (κ1) is 18.1. The maximum Gasteiger partial charge on any atom is 0.251 e. The number of likely N-dealkylation sites (tertiary alicyclic amines) is 1. The lowest BCUT2D eigenvalue weighted by Gasteiger charge is -2.40. The fraction of sp³-hybridized carbons (Fsp3) is 0.722. The molecule has 7 heteroatoms. The first-order valence-electron chi connectivity index (χ1n) is 9.16. The lowest BCUT2D eigenvalue weighted by atomic mass is 9.93. The molecule has 2 aliphatic heterocycles. The van der Waals surface area contributed by atoms with Crippen LogP contribution in [0.1, 0.15) is 44.2 Å². The summed E-state index contributed by atoms with van der Waals surface area (Å²) in [7, 11) is 0. The average molecular weight is 348 g/mol. The van der Waals surface area contributed by atoms with Crippen LogP contribution in [0, 0.1) is 12.8 Å². The van der Waals surface area contributed by atoms with E-state index in [0.29, 0.717) is 37.3 Å². The second-order valence-electron chi connectivity index (χ2n) is 7.28. The zero-order valence-corrected chi connectivity index (χ0v) is 15.3. The van der Waals surface area contributed by atoms with E-state index in [4.69, 9.17) is 4.74 Å². The topological polar surface area (TPSA) is 78.5 Å². The van der Waals surface area contributed by atoms with E-state index in [1.54, 1.807) is 6.92 Å². The number of carbonyl (C=O) groups is 1. The van der Waals surface area contributed by atoms with E-state index in [-0.39, 0.29) is 23.4 Å². The molecule has 1 aromatic heterocycles. The number of nitrogens with one attached hydrogen (secondary N) is 1. The van der Waals surface area contributed by atoms with Gasteiger partial charge >= 0.3 is 0 Å². The van der Waals surface area contributed by atoms with Crippen LogP contribution in [-0.4, -0.2) is 64.6 Å². The summed E-state index contributed by atoms with van der Waals surface area (Å²) in [4.78, 5) is 36.3. The number of aryl methyl sites for hydroxylation is 1. The normalized spacial score (nSPS) is 23.2. The largest absolute Gasteiger partial charge is 0.377 e. The zero-order chi connectivity index (χ0) is 18.0. The smallest absolute Gasteiger partial charge is 0.251 e. The van der Waals surface area contributed by atoms with Crippen LogP contribution >= 0.6 is 0 Å². The lowest BCUT2D eigenvalue weighted by molar-refractivity contribution is -0.146. The van der Waals surface area contributed by atoms with Gasteiger partial charge in [-0.2, -0.15) is 0 Å². The second-order valence-corrected chi connectivity index (χ2v) is 7.28. The van der Waals surface area contributed by atoms with Gasteiger partial charge in [-0.1, -0.05) is 0 Å². The van der Waals surface area contributed by atoms with Crippen molar-refractivity contribution in [2.75, 3.05) is 32.8 Å². The number of amides is 1. The quantitative estimate of drug-likeness (QED) is 0.885. The van der Waals surface area contributed by atoms with Crippen molar-refractivity contribution in [3.8, 4) is 0 Å². The number of rotatable bonds is 3. The van der Waals surface area contributed by atoms with Gasteiger partial charge in [-0.3, -0.25) is 9.59 Å². The van der Waals surface area contributed by atoms with Gasteiger partial charge in [0.05, 0.1) is 24.9 Å². The molecule has 7 nitrogen and oxygen atoms in total. The summed E-state index contributed by atoms with van der Waals surface area (Å²) in [6.45, 7) is 9.56. The third-order valence-electron chi connectivity index (χ3n) is 5.24. The van der Waals surface area contributed by atoms with Gasteiger partial charge in [0, 0.05) is 24.6 Å². The van der Waals surface area contributed by atoms with Crippen LogP contribution in [0.4, 0.5) is 0 Å². The van der Waals surface area contributed by atoms with E-state index in [1.165, 1.54) is 6.07 Å². The Balaban J connectivity index is 1.74. The minimum atomic E-state index is -0.273. The van der Waals surface area contributed by atoms with Crippen molar-refractivity contribution in [2.45, 2.75) is 45.7 Å². The van der Waals surface area contributed by atoms with E-state index in [0.717, 1.165) is 25.9 Å². The van der Waals surface area contributed by atoms with Gasteiger partial charge in [0.15, 0.2) is 0 Å². The molecule has 0 aromatic carbocycles. The molecule has 0 aliphatic carbocycles. The monoisotopic (exact) mass is 348 g/mol. The standard InChI is InChI=1S/C18H28N4O3/c1-12(2)21-6-4-14(5-7-21)18(24)22-8-9-25-11-16(22)15-10-17(23)20-13(3)19-15/h10,12,14,16H,4-9,11H2,1-3H3,(H,19,20,23)/t16-/m1/s1. The molecule has 1 aromatic rings. The van der Waals surface area contributed by atoms with Crippen LogP contribution < -0.4 is 5.56 Å². The molecule has 1 amide bonds. The van der Waals surface area contributed by atoms with Gasteiger partial charge < -0.3 is 19.5 Å². The van der Waals surface area contributed by atoms with Crippen LogP contribution in [0.3, 0.4) is 0 Å². The van der Waals surface area contributed by atoms with Gasteiger partial charge in [-0.15, -0.1) is 0 Å². The van der Waals surface area contributed by atoms with Gasteiger partial charge in [0.25, 0.3) is 5.56 Å². The summed E-state index contributed by atoms with van der Waals surface area (Å²) in [5.74, 6) is 0.792. The summed E-state index contributed by atoms with van der Waals surface area (Å²) in [5, 5.41) is 0. The SMILES string of the molecule is Cc1nc([C@H]2COCCN2C(=O)C2CCN(C(C)C)CC2)cc(=O)[nH]1. The fourth-order valence-corrected chi connectivity index (χ4v) is 3.78. The number of morpholine rings is 1. The molecule has 2 aliphatic rings. The number of ether oxygens (including phenoxy) is 1. The van der Waals surface area contributed by atoms with Gasteiger partial charge in [-0.25, -0.2) is 4.98 Å².